The minimum absolute atomic E-state index is 0.121. The molecule has 6 nitrogen and oxygen atoms in total. The SMILES string of the molecule is CCc1[nH]nc(C(=O)N(CCOC)C(CC)CC)c1N. The van der Waals surface area contributed by atoms with Gasteiger partial charge in [-0.15, -0.1) is 0 Å². The predicted molar refractivity (Wildman–Crippen MR) is 79.7 cm³/mol. The van der Waals surface area contributed by atoms with Gasteiger partial charge in [-0.25, -0.2) is 0 Å². The zero-order chi connectivity index (χ0) is 15.1. The van der Waals surface area contributed by atoms with Gasteiger partial charge in [-0.3, -0.25) is 9.89 Å². The van der Waals surface area contributed by atoms with E-state index in [-0.39, 0.29) is 11.9 Å². The average molecular weight is 282 g/mol. The van der Waals surface area contributed by atoms with E-state index < -0.39 is 0 Å². The van der Waals surface area contributed by atoms with E-state index in [1.54, 1.807) is 7.11 Å². The number of nitrogens with one attached hydrogen (secondary N) is 1. The summed E-state index contributed by atoms with van der Waals surface area (Å²) in [6.07, 6.45) is 2.53. The third-order valence-electron chi connectivity index (χ3n) is 3.62. The van der Waals surface area contributed by atoms with E-state index in [1.807, 2.05) is 11.8 Å². The summed E-state index contributed by atoms with van der Waals surface area (Å²) < 4.78 is 5.10. The number of aromatic amines is 1. The van der Waals surface area contributed by atoms with Crippen LogP contribution in [0.2, 0.25) is 0 Å². The summed E-state index contributed by atoms with van der Waals surface area (Å²) in [5, 5.41) is 6.92. The highest BCUT2D eigenvalue weighted by molar-refractivity contribution is 5.97. The minimum Gasteiger partial charge on any atom is -0.395 e. The lowest BCUT2D eigenvalue weighted by molar-refractivity contribution is 0.0584. The lowest BCUT2D eigenvalue weighted by Gasteiger charge is -2.29. The Morgan fingerprint density at radius 1 is 1.40 bits per heavy atom. The van der Waals surface area contributed by atoms with Gasteiger partial charge in [-0.05, 0) is 19.3 Å². The van der Waals surface area contributed by atoms with Gasteiger partial charge in [0.05, 0.1) is 18.0 Å². The van der Waals surface area contributed by atoms with Gasteiger partial charge in [0.2, 0.25) is 0 Å². The standard InChI is InChI=1S/C14H26N4O2/c1-5-10(6-2)18(8-9-20-4)14(19)13-12(15)11(7-3)16-17-13/h10H,5-9,15H2,1-4H3,(H,16,17). The zero-order valence-electron chi connectivity index (χ0n) is 12.9. The molecule has 6 heteroatoms. The van der Waals surface area contributed by atoms with Crippen LogP contribution in [0.1, 0.15) is 49.8 Å². The first-order valence-electron chi connectivity index (χ1n) is 7.23. The van der Waals surface area contributed by atoms with Crippen molar-refractivity contribution in [1.82, 2.24) is 15.1 Å². The molecule has 1 heterocycles. The Labute approximate surface area is 120 Å². The second kappa shape index (κ2) is 7.89. The van der Waals surface area contributed by atoms with E-state index in [0.717, 1.165) is 25.0 Å². The lowest BCUT2D eigenvalue weighted by Crippen LogP contribution is -2.42. The monoisotopic (exact) mass is 282 g/mol. The number of aryl methyl sites for hydroxylation is 1. The molecular formula is C14H26N4O2. The molecule has 1 rings (SSSR count). The van der Waals surface area contributed by atoms with Crippen LogP contribution >= 0.6 is 0 Å². The molecule has 20 heavy (non-hydrogen) atoms. The molecule has 0 unspecified atom stereocenters. The van der Waals surface area contributed by atoms with Crippen molar-refractivity contribution in [2.24, 2.45) is 0 Å². The number of hydrogen-bond donors (Lipinski definition) is 2. The van der Waals surface area contributed by atoms with Gasteiger partial charge in [0, 0.05) is 19.7 Å². The first-order valence-corrected chi connectivity index (χ1v) is 7.23. The molecule has 0 bridgehead atoms. The van der Waals surface area contributed by atoms with E-state index in [4.69, 9.17) is 10.5 Å². The Hall–Kier alpha value is -1.56. The Bertz CT molecular complexity index is 427. The smallest absolute Gasteiger partial charge is 0.276 e. The van der Waals surface area contributed by atoms with Crippen LogP contribution in [-0.2, 0) is 11.2 Å². The number of H-pyrrole nitrogens is 1. The van der Waals surface area contributed by atoms with Crippen molar-refractivity contribution in [2.45, 2.75) is 46.1 Å². The summed E-state index contributed by atoms with van der Waals surface area (Å²) in [6.45, 7) is 7.18. The molecule has 114 valence electrons. The fourth-order valence-electron chi connectivity index (χ4n) is 2.32. The molecule has 1 amide bonds. The number of nitrogen functional groups attached to an aromatic ring is 1. The number of carbonyl (C=O) groups excluding carboxylic acids is 1. The highest BCUT2D eigenvalue weighted by atomic mass is 16.5. The molecule has 0 saturated carbocycles. The number of aromatic nitrogens is 2. The van der Waals surface area contributed by atoms with Crippen molar-refractivity contribution in [1.29, 1.82) is 0 Å². The minimum atomic E-state index is -0.121. The van der Waals surface area contributed by atoms with E-state index in [2.05, 4.69) is 24.0 Å². The van der Waals surface area contributed by atoms with Crippen LogP contribution in [0.25, 0.3) is 0 Å². The fourth-order valence-corrected chi connectivity index (χ4v) is 2.32. The van der Waals surface area contributed by atoms with Gasteiger partial charge in [0.15, 0.2) is 5.69 Å². The molecule has 0 aliphatic heterocycles. The van der Waals surface area contributed by atoms with Crippen molar-refractivity contribution in [2.75, 3.05) is 26.0 Å². The molecule has 0 aliphatic carbocycles. The average Bonchev–Trinajstić information content (AvgIpc) is 2.83. The summed E-state index contributed by atoms with van der Waals surface area (Å²) in [4.78, 5) is 14.5. The molecule has 0 aliphatic rings. The number of amides is 1. The first kappa shape index (κ1) is 16.5. The summed E-state index contributed by atoms with van der Waals surface area (Å²) >= 11 is 0. The van der Waals surface area contributed by atoms with Crippen molar-refractivity contribution in [3.63, 3.8) is 0 Å². The van der Waals surface area contributed by atoms with E-state index in [9.17, 15) is 4.79 Å². The fraction of sp³-hybridized carbons (Fsp3) is 0.714. The lowest BCUT2D eigenvalue weighted by atomic mass is 10.1. The molecule has 0 atom stereocenters. The Morgan fingerprint density at radius 3 is 2.50 bits per heavy atom. The molecule has 0 radical (unpaired) electrons. The van der Waals surface area contributed by atoms with Gasteiger partial charge < -0.3 is 15.4 Å². The Morgan fingerprint density at radius 2 is 2.05 bits per heavy atom. The number of hydrogen-bond acceptors (Lipinski definition) is 4. The molecule has 0 saturated heterocycles. The molecule has 0 spiro atoms. The van der Waals surface area contributed by atoms with Gasteiger partial charge in [0.25, 0.3) is 5.91 Å². The maximum Gasteiger partial charge on any atom is 0.276 e. The summed E-state index contributed by atoms with van der Waals surface area (Å²) in [7, 11) is 1.63. The third-order valence-corrected chi connectivity index (χ3v) is 3.62. The summed E-state index contributed by atoms with van der Waals surface area (Å²) in [6, 6.07) is 0.179. The molecule has 1 aromatic rings. The number of nitrogens with zero attached hydrogens (tertiary/aromatic N) is 2. The highest BCUT2D eigenvalue weighted by Crippen LogP contribution is 2.19. The van der Waals surface area contributed by atoms with E-state index >= 15 is 0 Å². The second-order valence-electron chi connectivity index (χ2n) is 4.78. The van der Waals surface area contributed by atoms with Crippen molar-refractivity contribution >= 4 is 11.6 Å². The Kier molecular flexibility index (Phi) is 6.51. The number of carbonyl (C=O) groups is 1. The Balaban J connectivity index is 2.99. The largest absolute Gasteiger partial charge is 0.395 e. The van der Waals surface area contributed by atoms with Gasteiger partial charge >= 0.3 is 0 Å². The van der Waals surface area contributed by atoms with Crippen LogP contribution in [0.3, 0.4) is 0 Å². The van der Waals surface area contributed by atoms with Crippen molar-refractivity contribution < 1.29 is 9.53 Å². The van der Waals surface area contributed by atoms with Crippen LogP contribution in [0.4, 0.5) is 5.69 Å². The van der Waals surface area contributed by atoms with Crippen molar-refractivity contribution in [3.8, 4) is 0 Å². The van der Waals surface area contributed by atoms with Crippen LogP contribution in [0.15, 0.2) is 0 Å². The quantitative estimate of drug-likeness (QED) is 0.762. The second-order valence-corrected chi connectivity index (χ2v) is 4.78. The zero-order valence-corrected chi connectivity index (χ0v) is 12.9. The van der Waals surface area contributed by atoms with Gasteiger partial charge in [-0.2, -0.15) is 5.10 Å². The molecule has 0 aromatic carbocycles. The van der Waals surface area contributed by atoms with Crippen LogP contribution < -0.4 is 5.73 Å². The predicted octanol–water partition coefficient (Wildman–Crippen LogP) is 1.83. The number of ether oxygens (including phenoxy) is 1. The van der Waals surface area contributed by atoms with Crippen LogP contribution in [-0.4, -0.2) is 47.3 Å². The number of anilines is 1. The van der Waals surface area contributed by atoms with Gasteiger partial charge in [-0.1, -0.05) is 20.8 Å². The normalized spacial score (nSPS) is 11.1. The maximum atomic E-state index is 12.7. The van der Waals surface area contributed by atoms with Crippen LogP contribution in [0, 0.1) is 0 Å². The number of methoxy groups -OCH3 is 1. The molecule has 3 N–H and O–H groups in total. The molecular weight excluding hydrogens is 256 g/mol. The van der Waals surface area contributed by atoms with Crippen LogP contribution in [0.5, 0.6) is 0 Å². The van der Waals surface area contributed by atoms with E-state index in [1.165, 1.54) is 0 Å². The highest BCUT2D eigenvalue weighted by Gasteiger charge is 2.26. The van der Waals surface area contributed by atoms with Gasteiger partial charge in [0.1, 0.15) is 0 Å². The van der Waals surface area contributed by atoms with E-state index in [0.29, 0.717) is 24.5 Å². The van der Waals surface area contributed by atoms with Crippen molar-refractivity contribution in [3.05, 3.63) is 11.4 Å². The topological polar surface area (TPSA) is 84.2 Å². The summed E-state index contributed by atoms with van der Waals surface area (Å²) in [5.74, 6) is -0.121. The summed E-state index contributed by atoms with van der Waals surface area (Å²) in [5.41, 5.74) is 7.59. The maximum absolute atomic E-state index is 12.7. The molecule has 0 fully saturated rings. The first-order chi connectivity index (χ1) is 9.60. The molecule has 1 aromatic heterocycles. The number of rotatable bonds is 8. The number of nitrogens with two attached hydrogens (primary N) is 1. The third kappa shape index (κ3) is 3.50.